The van der Waals surface area contributed by atoms with E-state index in [1.807, 2.05) is 0 Å². The highest BCUT2D eigenvalue weighted by Gasteiger charge is 2.15. The summed E-state index contributed by atoms with van der Waals surface area (Å²) in [5, 5.41) is 11.8. The van der Waals surface area contributed by atoms with Gasteiger partial charge in [0.1, 0.15) is 16.3 Å². The van der Waals surface area contributed by atoms with E-state index in [1.165, 1.54) is 11.3 Å². The molecular formula is C14H10N4O3S. The number of amides is 1. The van der Waals surface area contributed by atoms with Crippen LogP contribution in [0.2, 0.25) is 0 Å². The Labute approximate surface area is 128 Å². The number of nitrogens with zero attached hydrogens (tertiary/aromatic N) is 2. The maximum atomic E-state index is 11.8. The third kappa shape index (κ3) is 2.72. The van der Waals surface area contributed by atoms with Crippen LogP contribution >= 0.6 is 11.3 Å². The topological polar surface area (TPSA) is 111 Å². The monoisotopic (exact) mass is 314 g/mol. The molecule has 0 atom stereocenters. The first kappa shape index (κ1) is 14.0. The number of primary amides is 1. The second kappa shape index (κ2) is 5.78. The van der Waals surface area contributed by atoms with Crippen molar-refractivity contribution in [2.75, 3.05) is 0 Å². The van der Waals surface area contributed by atoms with E-state index < -0.39 is 11.9 Å². The maximum Gasteiger partial charge on any atom is 0.353 e. The molecule has 0 aliphatic rings. The van der Waals surface area contributed by atoms with E-state index >= 15 is 0 Å². The van der Waals surface area contributed by atoms with E-state index in [1.54, 1.807) is 41.8 Å². The molecule has 0 spiro atoms. The van der Waals surface area contributed by atoms with Gasteiger partial charge in [-0.3, -0.25) is 4.79 Å². The molecule has 0 saturated carbocycles. The molecule has 0 aliphatic carbocycles. The minimum absolute atomic E-state index is 0.0586. The van der Waals surface area contributed by atoms with Gasteiger partial charge < -0.3 is 10.5 Å². The van der Waals surface area contributed by atoms with E-state index in [2.05, 4.69) is 15.4 Å². The molecule has 0 fully saturated rings. The fraction of sp³-hybridized carbons (Fsp3) is 0. The van der Waals surface area contributed by atoms with Crippen molar-refractivity contribution in [1.82, 2.24) is 15.4 Å². The lowest BCUT2D eigenvalue weighted by molar-refractivity contribution is 0.0739. The average molecular weight is 314 g/mol. The second-order valence-corrected chi connectivity index (χ2v) is 5.22. The van der Waals surface area contributed by atoms with Gasteiger partial charge in [0.2, 0.25) is 0 Å². The predicted molar refractivity (Wildman–Crippen MR) is 79.6 cm³/mol. The molecule has 7 nitrogen and oxygen atoms in total. The molecule has 0 saturated heterocycles. The van der Waals surface area contributed by atoms with Gasteiger partial charge in [-0.15, -0.1) is 11.3 Å². The zero-order chi connectivity index (χ0) is 15.5. The van der Waals surface area contributed by atoms with Gasteiger partial charge in [-0.1, -0.05) is 6.07 Å². The number of hydrogen-bond donors (Lipinski definition) is 2. The summed E-state index contributed by atoms with van der Waals surface area (Å²) >= 11 is 1.31. The number of hydrogen-bond acceptors (Lipinski definition) is 6. The molecule has 0 radical (unpaired) electrons. The number of nitrogens with one attached hydrogen (secondary N) is 1. The summed E-state index contributed by atoms with van der Waals surface area (Å²) in [5.74, 6) is -0.690. The molecular weight excluding hydrogens is 304 g/mol. The van der Waals surface area contributed by atoms with E-state index in [-0.39, 0.29) is 5.69 Å². The first-order valence-electron chi connectivity index (χ1n) is 6.22. The largest absolute Gasteiger partial charge is 0.422 e. The van der Waals surface area contributed by atoms with Crippen molar-refractivity contribution in [3.63, 3.8) is 0 Å². The number of thiophene rings is 1. The standard InChI is InChI=1S/C14H10N4O3S/c15-13(19)12-11(16-18-17-12)8-3-5-9(6-4-8)21-14(20)10-2-1-7-22-10/h1-7H,(H2,15,19)(H,16,17,18). The molecule has 2 heterocycles. The molecule has 1 aromatic carbocycles. The highest BCUT2D eigenvalue weighted by atomic mass is 32.1. The normalized spacial score (nSPS) is 10.4. The first-order chi connectivity index (χ1) is 10.6. The number of ether oxygens (including phenoxy) is 1. The third-order valence-electron chi connectivity index (χ3n) is 2.84. The van der Waals surface area contributed by atoms with Crippen molar-refractivity contribution in [3.8, 4) is 17.0 Å². The van der Waals surface area contributed by atoms with Gasteiger partial charge in [-0.25, -0.2) is 4.79 Å². The fourth-order valence-corrected chi connectivity index (χ4v) is 2.44. The third-order valence-corrected chi connectivity index (χ3v) is 3.69. The fourth-order valence-electron chi connectivity index (χ4n) is 1.84. The number of benzene rings is 1. The summed E-state index contributed by atoms with van der Waals surface area (Å²) in [5.41, 5.74) is 6.26. The Morgan fingerprint density at radius 1 is 1.14 bits per heavy atom. The number of aromatic nitrogens is 3. The molecule has 0 unspecified atom stereocenters. The Hall–Kier alpha value is -3.00. The zero-order valence-electron chi connectivity index (χ0n) is 11.1. The maximum absolute atomic E-state index is 11.8. The second-order valence-electron chi connectivity index (χ2n) is 4.28. The van der Waals surface area contributed by atoms with E-state index in [0.717, 1.165) is 0 Å². The van der Waals surface area contributed by atoms with Crippen LogP contribution in [0.4, 0.5) is 0 Å². The van der Waals surface area contributed by atoms with Gasteiger partial charge in [0.05, 0.1) is 0 Å². The summed E-state index contributed by atoms with van der Waals surface area (Å²) in [7, 11) is 0. The molecule has 0 aliphatic heterocycles. The van der Waals surface area contributed by atoms with Crippen LogP contribution in [0.25, 0.3) is 11.3 Å². The van der Waals surface area contributed by atoms with E-state index in [0.29, 0.717) is 21.9 Å². The number of carbonyl (C=O) groups excluding carboxylic acids is 2. The lowest BCUT2D eigenvalue weighted by Gasteiger charge is -2.04. The van der Waals surface area contributed by atoms with Gasteiger partial charge in [0.25, 0.3) is 5.91 Å². The first-order valence-corrected chi connectivity index (χ1v) is 7.10. The summed E-state index contributed by atoms with van der Waals surface area (Å²) in [6.07, 6.45) is 0. The van der Waals surface area contributed by atoms with Gasteiger partial charge in [0.15, 0.2) is 5.69 Å². The molecule has 2 aromatic heterocycles. The molecule has 1 amide bonds. The minimum Gasteiger partial charge on any atom is -0.422 e. The molecule has 3 aromatic rings. The smallest absolute Gasteiger partial charge is 0.353 e. The van der Waals surface area contributed by atoms with Crippen molar-refractivity contribution in [2.24, 2.45) is 5.73 Å². The van der Waals surface area contributed by atoms with Crippen LogP contribution in [-0.2, 0) is 0 Å². The van der Waals surface area contributed by atoms with Crippen LogP contribution in [0.3, 0.4) is 0 Å². The summed E-state index contributed by atoms with van der Waals surface area (Å²) in [6.45, 7) is 0. The Morgan fingerprint density at radius 2 is 1.91 bits per heavy atom. The predicted octanol–water partition coefficient (Wildman–Crippen LogP) is 1.85. The quantitative estimate of drug-likeness (QED) is 0.564. The van der Waals surface area contributed by atoms with Crippen molar-refractivity contribution >= 4 is 23.2 Å². The Morgan fingerprint density at radius 3 is 2.55 bits per heavy atom. The molecule has 3 N–H and O–H groups in total. The molecule has 3 rings (SSSR count). The average Bonchev–Trinajstić information content (AvgIpc) is 3.19. The summed E-state index contributed by atoms with van der Waals surface area (Å²) in [6, 6.07) is 10.0. The number of rotatable bonds is 4. The van der Waals surface area contributed by atoms with Crippen LogP contribution in [0.5, 0.6) is 5.75 Å². The number of esters is 1. The van der Waals surface area contributed by atoms with E-state index in [9.17, 15) is 9.59 Å². The molecule has 110 valence electrons. The SMILES string of the molecule is NC(=O)c1n[nH]nc1-c1ccc(OC(=O)c2cccs2)cc1. The van der Waals surface area contributed by atoms with Crippen molar-refractivity contribution < 1.29 is 14.3 Å². The number of carbonyl (C=O) groups is 2. The summed E-state index contributed by atoms with van der Waals surface area (Å²) < 4.78 is 5.24. The lowest BCUT2D eigenvalue weighted by Crippen LogP contribution is -2.12. The Balaban J connectivity index is 1.80. The highest BCUT2D eigenvalue weighted by molar-refractivity contribution is 7.12. The van der Waals surface area contributed by atoms with Crippen LogP contribution in [0, 0.1) is 0 Å². The van der Waals surface area contributed by atoms with Gasteiger partial charge in [0, 0.05) is 5.56 Å². The molecule has 0 bridgehead atoms. The molecule has 8 heteroatoms. The molecule has 22 heavy (non-hydrogen) atoms. The van der Waals surface area contributed by atoms with Crippen molar-refractivity contribution in [2.45, 2.75) is 0 Å². The van der Waals surface area contributed by atoms with Crippen LogP contribution < -0.4 is 10.5 Å². The van der Waals surface area contributed by atoms with Crippen molar-refractivity contribution in [3.05, 3.63) is 52.3 Å². The van der Waals surface area contributed by atoms with Crippen molar-refractivity contribution in [1.29, 1.82) is 0 Å². The van der Waals surface area contributed by atoms with Gasteiger partial charge in [-0.2, -0.15) is 15.4 Å². The lowest BCUT2D eigenvalue weighted by atomic mass is 10.1. The van der Waals surface area contributed by atoms with Crippen LogP contribution in [0.1, 0.15) is 20.2 Å². The zero-order valence-corrected chi connectivity index (χ0v) is 12.0. The van der Waals surface area contributed by atoms with Gasteiger partial charge in [-0.05, 0) is 35.7 Å². The Bertz CT molecular complexity index is 809. The highest BCUT2D eigenvalue weighted by Crippen LogP contribution is 2.23. The summed E-state index contributed by atoms with van der Waals surface area (Å²) in [4.78, 5) is 23.6. The number of aromatic amines is 1. The Kier molecular flexibility index (Phi) is 3.67. The van der Waals surface area contributed by atoms with Crippen LogP contribution in [0.15, 0.2) is 41.8 Å². The number of nitrogens with two attached hydrogens (primary N) is 1. The number of H-pyrrole nitrogens is 1. The van der Waals surface area contributed by atoms with Gasteiger partial charge >= 0.3 is 5.97 Å². The van der Waals surface area contributed by atoms with E-state index in [4.69, 9.17) is 10.5 Å². The minimum atomic E-state index is -0.669. The van der Waals surface area contributed by atoms with Crippen LogP contribution in [-0.4, -0.2) is 27.3 Å².